The van der Waals surface area contributed by atoms with Gasteiger partial charge in [-0.15, -0.1) is 17.5 Å². The molecule has 3 aromatic rings. The van der Waals surface area contributed by atoms with Crippen LogP contribution in [0.2, 0.25) is 0 Å². The Hall–Kier alpha value is -2.77. The van der Waals surface area contributed by atoms with Gasteiger partial charge < -0.3 is 11.1 Å². The quantitative estimate of drug-likeness (QED) is 0.616. The predicted molar refractivity (Wildman–Crippen MR) is 113 cm³/mol. The largest absolute Gasteiger partial charge is 0.349 e. The first kappa shape index (κ1) is 22.5. The minimum Gasteiger partial charge on any atom is -0.349 e. The van der Waals surface area contributed by atoms with Crippen LogP contribution < -0.4 is 11.1 Å². The molecule has 8 heteroatoms. The summed E-state index contributed by atoms with van der Waals surface area (Å²) in [5, 5.41) is 10.6. The Kier molecular flexibility index (Phi) is 7.87. The SMILES string of the molecule is CC(C)c1ccc(C(N)CNC(=O)c2cn(Cc3cccc(F)c3)nn2)cc1.Cl. The third-order valence-corrected chi connectivity index (χ3v) is 4.52. The third kappa shape index (κ3) is 6.10. The number of hydrogen-bond donors (Lipinski definition) is 2. The van der Waals surface area contributed by atoms with Gasteiger partial charge in [-0.1, -0.05) is 55.5 Å². The Bertz CT molecular complexity index is 942. The lowest BCUT2D eigenvalue weighted by Crippen LogP contribution is -2.32. The minimum atomic E-state index is -0.347. The van der Waals surface area contributed by atoms with E-state index in [-0.39, 0.29) is 42.4 Å². The van der Waals surface area contributed by atoms with Gasteiger partial charge in [-0.2, -0.15) is 0 Å². The molecule has 0 saturated heterocycles. The number of nitrogens with two attached hydrogens (primary N) is 1. The molecule has 1 atom stereocenters. The molecule has 2 aromatic carbocycles. The van der Waals surface area contributed by atoms with Gasteiger partial charge in [0.25, 0.3) is 5.91 Å². The van der Waals surface area contributed by atoms with Crippen LogP contribution in [0.25, 0.3) is 0 Å². The van der Waals surface area contributed by atoms with Crippen LogP contribution in [0.4, 0.5) is 4.39 Å². The van der Waals surface area contributed by atoms with Crippen molar-refractivity contribution in [2.75, 3.05) is 6.54 Å². The van der Waals surface area contributed by atoms with Crippen molar-refractivity contribution in [3.05, 3.63) is 82.9 Å². The first-order chi connectivity index (χ1) is 13.4. The van der Waals surface area contributed by atoms with E-state index in [1.165, 1.54) is 28.6 Å². The zero-order valence-corrected chi connectivity index (χ0v) is 17.2. The van der Waals surface area contributed by atoms with E-state index in [9.17, 15) is 9.18 Å². The highest BCUT2D eigenvalue weighted by Gasteiger charge is 2.13. The molecule has 0 aliphatic heterocycles. The fourth-order valence-corrected chi connectivity index (χ4v) is 2.84. The molecule has 3 N–H and O–H groups in total. The normalized spacial score (nSPS) is 11.8. The molecule has 0 saturated carbocycles. The third-order valence-electron chi connectivity index (χ3n) is 4.52. The predicted octanol–water partition coefficient (Wildman–Crippen LogP) is 3.44. The fourth-order valence-electron chi connectivity index (χ4n) is 2.84. The summed E-state index contributed by atoms with van der Waals surface area (Å²) < 4.78 is 14.8. The van der Waals surface area contributed by atoms with Crippen molar-refractivity contribution in [2.45, 2.75) is 32.4 Å². The molecule has 1 amide bonds. The number of amides is 1. The second-order valence-electron chi connectivity index (χ2n) is 7.07. The van der Waals surface area contributed by atoms with Gasteiger partial charge in [0.2, 0.25) is 0 Å². The zero-order valence-electron chi connectivity index (χ0n) is 16.4. The minimum absolute atomic E-state index is 0. The summed E-state index contributed by atoms with van der Waals surface area (Å²) in [6, 6.07) is 14.0. The standard InChI is InChI=1S/C21H24FN5O.ClH/c1-14(2)16-6-8-17(9-7-16)19(23)11-24-21(28)20-13-27(26-25-20)12-15-4-3-5-18(22)10-15;/h3-10,13-14,19H,11-12,23H2,1-2H3,(H,24,28);1H. The van der Waals surface area contributed by atoms with E-state index < -0.39 is 0 Å². The van der Waals surface area contributed by atoms with Gasteiger partial charge >= 0.3 is 0 Å². The number of aromatic nitrogens is 3. The molecule has 154 valence electrons. The van der Waals surface area contributed by atoms with Crippen LogP contribution in [-0.4, -0.2) is 27.4 Å². The zero-order chi connectivity index (χ0) is 20.1. The summed E-state index contributed by atoms with van der Waals surface area (Å²) in [5.41, 5.74) is 9.31. The molecule has 1 aromatic heterocycles. The molecule has 0 aliphatic carbocycles. The van der Waals surface area contributed by atoms with Crippen LogP contribution in [0.15, 0.2) is 54.7 Å². The first-order valence-corrected chi connectivity index (χ1v) is 9.20. The number of benzene rings is 2. The Morgan fingerprint density at radius 3 is 2.52 bits per heavy atom. The van der Waals surface area contributed by atoms with E-state index >= 15 is 0 Å². The molecule has 1 unspecified atom stereocenters. The molecular formula is C21H25ClFN5O. The average Bonchev–Trinajstić information content (AvgIpc) is 3.14. The Morgan fingerprint density at radius 2 is 1.86 bits per heavy atom. The number of halogens is 2. The highest BCUT2D eigenvalue weighted by molar-refractivity contribution is 5.91. The van der Waals surface area contributed by atoms with Crippen molar-refractivity contribution in [1.29, 1.82) is 0 Å². The van der Waals surface area contributed by atoms with Crippen molar-refractivity contribution in [1.82, 2.24) is 20.3 Å². The average molecular weight is 418 g/mol. The summed E-state index contributed by atoms with van der Waals surface area (Å²) in [7, 11) is 0. The maximum absolute atomic E-state index is 13.3. The Balaban J connectivity index is 0.00000300. The second kappa shape index (κ2) is 10.1. The van der Waals surface area contributed by atoms with Gasteiger partial charge in [-0.25, -0.2) is 9.07 Å². The summed E-state index contributed by atoms with van der Waals surface area (Å²) >= 11 is 0. The molecule has 0 bridgehead atoms. The lowest BCUT2D eigenvalue weighted by atomic mass is 9.99. The molecule has 0 fully saturated rings. The van der Waals surface area contributed by atoms with Crippen LogP contribution in [0.5, 0.6) is 0 Å². The van der Waals surface area contributed by atoms with Gasteiger partial charge in [-0.3, -0.25) is 4.79 Å². The van der Waals surface area contributed by atoms with E-state index in [0.29, 0.717) is 12.5 Å². The van der Waals surface area contributed by atoms with Crippen molar-refractivity contribution in [2.24, 2.45) is 5.73 Å². The molecule has 0 radical (unpaired) electrons. The topological polar surface area (TPSA) is 85.8 Å². The van der Waals surface area contributed by atoms with Crippen molar-refractivity contribution in [3.8, 4) is 0 Å². The molecule has 0 spiro atoms. The van der Waals surface area contributed by atoms with Gasteiger partial charge in [0.1, 0.15) is 5.82 Å². The number of carbonyl (C=O) groups excluding carboxylic acids is 1. The van der Waals surface area contributed by atoms with Crippen molar-refractivity contribution < 1.29 is 9.18 Å². The van der Waals surface area contributed by atoms with Crippen molar-refractivity contribution >= 4 is 18.3 Å². The number of nitrogens with zero attached hydrogens (tertiary/aromatic N) is 3. The highest BCUT2D eigenvalue weighted by atomic mass is 35.5. The smallest absolute Gasteiger partial charge is 0.273 e. The maximum atomic E-state index is 13.3. The fraction of sp³-hybridized carbons (Fsp3) is 0.286. The summed E-state index contributed by atoms with van der Waals surface area (Å²) in [6.45, 7) is 4.89. The van der Waals surface area contributed by atoms with Gasteiger partial charge in [0.05, 0.1) is 12.7 Å². The summed E-state index contributed by atoms with van der Waals surface area (Å²) in [4.78, 5) is 12.3. The van der Waals surface area contributed by atoms with Crippen LogP contribution in [-0.2, 0) is 6.54 Å². The Labute approximate surface area is 175 Å². The summed E-state index contributed by atoms with van der Waals surface area (Å²) in [6.07, 6.45) is 1.53. The van der Waals surface area contributed by atoms with Crippen LogP contribution in [0, 0.1) is 5.82 Å². The maximum Gasteiger partial charge on any atom is 0.273 e. The van der Waals surface area contributed by atoms with Gasteiger partial charge in [-0.05, 0) is 34.7 Å². The number of rotatable bonds is 7. The second-order valence-corrected chi connectivity index (χ2v) is 7.07. The van der Waals surface area contributed by atoms with Crippen LogP contribution >= 0.6 is 12.4 Å². The lowest BCUT2D eigenvalue weighted by molar-refractivity contribution is 0.0946. The molecule has 6 nitrogen and oxygen atoms in total. The molecule has 3 rings (SSSR count). The van der Waals surface area contributed by atoms with Gasteiger partial charge in [0, 0.05) is 12.6 Å². The molecular weight excluding hydrogens is 393 g/mol. The molecule has 0 aliphatic rings. The van der Waals surface area contributed by atoms with E-state index in [0.717, 1.165) is 11.1 Å². The van der Waals surface area contributed by atoms with Crippen LogP contribution in [0.3, 0.4) is 0 Å². The van der Waals surface area contributed by atoms with Crippen LogP contribution in [0.1, 0.15) is 53.0 Å². The lowest BCUT2D eigenvalue weighted by Gasteiger charge is -2.14. The van der Waals surface area contributed by atoms with E-state index in [2.05, 4.69) is 41.6 Å². The van der Waals surface area contributed by atoms with E-state index in [1.54, 1.807) is 12.1 Å². The van der Waals surface area contributed by atoms with Gasteiger partial charge in [0.15, 0.2) is 5.69 Å². The molecule has 29 heavy (non-hydrogen) atoms. The number of hydrogen-bond acceptors (Lipinski definition) is 4. The van der Waals surface area contributed by atoms with E-state index in [4.69, 9.17) is 5.73 Å². The number of carbonyl (C=O) groups is 1. The monoisotopic (exact) mass is 417 g/mol. The van der Waals surface area contributed by atoms with Crippen molar-refractivity contribution in [3.63, 3.8) is 0 Å². The van der Waals surface area contributed by atoms with E-state index in [1.807, 2.05) is 12.1 Å². The first-order valence-electron chi connectivity index (χ1n) is 9.20. The Morgan fingerprint density at radius 1 is 1.17 bits per heavy atom. The summed E-state index contributed by atoms with van der Waals surface area (Å²) in [5.74, 6) is -0.203. The molecule has 1 heterocycles. The highest BCUT2D eigenvalue weighted by Crippen LogP contribution is 2.17. The number of nitrogens with one attached hydrogen (secondary N) is 1.